The zero-order valence-corrected chi connectivity index (χ0v) is 8.88. The van der Waals surface area contributed by atoms with E-state index in [0.29, 0.717) is 6.54 Å². The maximum atomic E-state index is 13.2. The highest BCUT2D eigenvalue weighted by molar-refractivity contribution is 6.30. The molecule has 1 N–H and O–H groups in total. The first kappa shape index (κ1) is 11.7. The molecule has 0 fully saturated rings. The summed E-state index contributed by atoms with van der Waals surface area (Å²) in [6.45, 7) is 1.76. The monoisotopic (exact) mass is 228 g/mol. The van der Waals surface area contributed by atoms with Crippen LogP contribution in [0.15, 0.2) is 18.3 Å². The van der Waals surface area contributed by atoms with Gasteiger partial charge in [-0.05, 0) is 12.1 Å². The summed E-state index contributed by atoms with van der Waals surface area (Å²) >= 11 is 5.54. The van der Waals surface area contributed by atoms with Crippen LogP contribution in [0.5, 0.6) is 0 Å². The fourth-order valence-electron chi connectivity index (χ4n) is 0.921. The molecule has 0 radical (unpaired) electrons. The minimum Gasteiger partial charge on any atom is -0.353 e. The Balaban J connectivity index is 2.60. The molecule has 0 unspecified atom stereocenters. The highest BCUT2D eigenvalue weighted by atomic mass is 35.5. The van der Waals surface area contributed by atoms with Crippen molar-refractivity contribution in [3.63, 3.8) is 0 Å². The predicted molar refractivity (Wildman–Crippen MR) is 56.9 cm³/mol. The van der Waals surface area contributed by atoms with Crippen LogP contribution in [0.2, 0.25) is 5.02 Å². The Morgan fingerprint density at radius 3 is 3.07 bits per heavy atom. The van der Waals surface area contributed by atoms with Crippen LogP contribution in [-0.2, 0) is 4.79 Å². The molecule has 0 atom stereocenters. The quantitative estimate of drug-likeness (QED) is 0.860. The third-order valence-electron chi connectivity index (χ3n) is 1.58. The molecule has 80 valence electrons. The van der Waals surface area contributed by atoms with Crippen molar-refractivity contribution in [3.8, 4) is 0 Å². The van der Waals surface area contributed by atoms with Crippen molar-refractivity contribution in [3.05, 3.63) is 34.9 Å². The standard InChI is InChI=1S/C10H10ClFN2O/c1-7(15)13-4-2-3-10-9(12)5-8(11)6-14-10/h2-3,5-6H,4H2,1H3,(H,13,15). The van der Waals surface area contributed by atoms with Gasteiger partial charge in [-0.15, -0.1) is 0 Å². The first-order valence-electron chi connectivity index (χ1n) is 4.31. The molecular weight excluding hydrogens is 219 g/mol. The first-order chi connectivity index (χ1) is 7.09. The number of nitrogens with zero attached hydrogens (tertiary/aromatic N) is 1. The molecular formula is C10H10ClFN2O. The summed E-state index contributed by atoms with van der Waals surface area (Å²) < 4.78 is 13.2. The lowest BCUT2D eigenvalue weighted by Gasteiger charge is -1.97. The Labute approximate surface area is 92.0 Å². The highest BCUT2D eigenvalue weighted by Crippen LogP contribution is 2.12. The van der Waals surface area contributed by atoms with E-state index in [9.17, 15) is 9.18 Å². The lowest BCUT2D eigenvalue weighted by Crippen LogP contribution is -2.19. The van der Waals surface area contributed by atoms with Crippen molar-refractivity contribution in [2.75, 3.05) is 6.54 Å². The summed E-state index contributed by atoms with van der Waals surface area (Å²) in [6, 6.07) is 1.19. The zero-order chi connectivity index (χ0) is 11.3. The Bertz CT molecular complexity index is 393. The summed E-state index contributed by atoms with van der Waals surface area (Å²) in [6.07, 6.45) is 4.46. The number of carbonyl (C=O) groups excluding carboxylic acids is 1. The molecule has 0 aliphatic rings. The summed E-state index contributed by atoms with van der Waals surface area (Å²) in [5.74, 6) is -0.620. The van der Waals surface area contributed by atoms with Crippen LogP contribution in [0.1, 0.15) is 12.6 Å². The minimum atomic E-state index is -0.485. The van der Waals surface area contributed by atoms with E-state index in [2.05, 4.69) is 10.3 Å². The van der Waals surface area contributed by atoms with Gasteiger partial charge in [-0.25, -0.2) is 4.39 Å². The molecule has 5 heteroatoms. The maximum Gasteiger partial charge on any atom is 0.217 e. The van der Waals surface area contributed by atoms with Crippen LogP contribution in [0.4, 0.5) is 4.39 Å². The molecule has 0 aromatic carbocycles. The van der Waals surface area contributed by atoms with E-state index in [1.807, 2.05) is 0 Å². The molecule has 0 bridgehead atoms. The number of rotatable bonds is 3. The van der Waals surface area contributed by atoms with Gasteiger partial charge in [-0.2, -0.15) is 0 Å². The normalized spacial score (nSPS) is 10.6. The molecule has 3 nitrogen and oxygen atoms in total. The van der Waals surface area contributed by atoms with Crippen LogP contribution in [-0.4, -0.2) is 17.4 Å². The third kappa shape index (κ3) is 4.08. The van der Waals surface area contributed by atoms with Crippen molar-refractivity contribution in [2.24, 2.45) is 0 Å². The average Bonchev–Trinajstić information content (AvgIpc) is 2.14. The molecule has 1 aromatic rings. The fourth-order valence-corrected chi connectivity index (χ4v) is 1.07. The van der Waals surface area contributed by atoms with Gasteiger partial charge >= 0.3 is 0 Å². The van der Waals surface area contributed by atoms with Gasteiger partial charge in [0.05, 0.1) is 10.7 Å². The SMILES string of the molecule is CC(=O)NCC=Cc1ncc(Cl)cc1F. The van der Waals surface area contributed by atoms with Gasteiger partial charge in [0.15, 0.2) is 0 Å². The van der Waals surface area contributed by atoms with Gasteiger partial charge < -0.3 is 5.32 Å². The number of hydrogen-bond donors (Lipinski definition) is 1. The van der Waals surface area contributed by atoms with Gasteiger partial charge in [-0.1, -0.05) is 17.7 Å². The molecule has 0 saturated carbocycles. The topological polar surface area (TPSA) is 42.0 Å². The first-order valence-corrected chi connectivity index (χ1v) is 4.69. The Kier molecular flexibility index (Phi) is 4.24. The van der Waals surface area contributed by atoms with E-state index < -0.39 is 5.82 Å². The summed E-state index contributed by atoms with van der Waals surface area (Å²) in [7, 11) is 0. The third-order valence-corrected chi connectivity index (χ3v) is 1.79. The summed E-state index contributed by atoms with van der Waals surface area (Å²) in [5, 5.41) is 2.80. The van der Waals surface area contributed by atoms with Crippen LogP contribution in [0.25, 0.3) is 6.08 Å². The molecule has 0 saturated heterocycles. The van der Waals surface area contributed by atoms with Crippen LogP contribution in [0.3, 0.4) is 0 Å². The molecule has 0 aliphatic heterocycles. The Hall–Kier alpha value is -1.42. The second-order valence-corrected chi connectivity index (χ2v) is 3.30. The average molecular weight is 229 g/mol. The number of aromatic nitrogens is 1. The maximum absolute atomic E-state index is 13.2. The molecule has 0 aliphatic carbocycles. The zero-order valence-electron chi connectivity index (χ0n) is 8.13. The van der Waals surface area contributed by atoms with Gasteiger partial charge in [-0.3, -0.25) is 9.78 Å². The lowest BCUT2D eigenvalue weighted by molar-refractivity contribution is -0.118. The summed E-state index contributed by atoms with van der Waals surface area (Å²) in [5.41, 5.74) is 0.199. The van der Waals surface area contributed by atoms with Crippen molar-refractivity contribution in [1.29, 1.82) is 0 Å². The second kappa shape index (κ2) is 5.46. The number of amides is 1. The molecule has 0 spiro atoms. The second-order valence-electron chi connectivity index (χ2n) is 2.86. The Morgan fingerprint density at radius 1 is 1.73 bits per heavy atom. The minimum absolute atomic E-state index is 0.135. The van der Waals surface area contributed by atoms with Gasteiger partial charge in [0.25, 0.3) is 0 Å². The fraction of sp³-hybridized carbons (Fsp3) is 0.200. The van der Waals surface area contributed by atoms with Crippen LogP contribution in [0, 0.1) is 5.82 Å². The van der Waals surface area contributed by atoms with E-state index in [1.54, 1.807) is 6.08 Å². The molecule has 15 heavy (non-hydrogen) atoms. The van der Waals surface area contributed by atoms with Crippen LogP contribution < -0.4 is 5.32 Å². The van der Waals surface area contributed by atoms with Gasteiger partial charge in [0, 0.05) is 19.7 Å². The summed E-state index contributed by atoms with van der Waals surface area (Å²) in [4.78, 5) is 14.3. The van der Waals surface area contributed by atoms with E-state index in [0.717, 1.165) is 0 Å². The van der Waals surface area contributed by atoms with Gasteiger partial charge in [0.1, 0.15) is 5.82 Å². The highest BCUT2D eigenvalue weighted by Gasteiger charge is 2.00. The smallest absolute Gasteiger partial charge is 0.217 e. The molecule has 1 heterocycles. The van der Waals surface area contributed by atoms with E-state index >= 15 is 0 Å². The number of nitrogens with one attached hydrogen (secondary N) is 1. The molecule has 1 amide bonds. The molecule has 1 aromatic heterocycles. The molecule has 1 rings (SSSR count). The number of halogens is 2. The largest absolute Gasteiger partial charge is 0.353 e. The van der Waals surface area contributed by atoms with Crippen molar-refractivity contribution in [1.82, 2.24) is 10.3 Å². The Morgan fingerprint density at radius 2 is 2.47 bits per heavy atom. The predicted octanol–water partition coefficient (Wildman–Crippen LogP) is 2.02. The van der Waals surface area contributed by atoms with Crippen LogP contribution >= 0.6 is 11.6 Å². The van der Waals surface area contributed by atoms with Crippen molar-refractivity contribution in [2.45, 2.75) is 6.92 Å². The number of hydrogen-bond acceptors (Lipinski definition) is 2. The van der Waals surface area contributed by atoms with E-state index in [-0.39, 0.29) is 16.6 Å². The van der Waals surface area contributed by atoms with Crippen molar-refractivity contribution < 1.29 is 9.18 Å². The number of pyridine rings is 1. The van der Waals surface area contributed by atoms with E-state index in [1.165, 1.54) is 25.3 Å². The van der Waals surface area contributed by atoms with E-state index in [4.69, 9.17) is 11.6 Å². The number of carbonyl (C=O) groups is 1. The van der Waals surface area contributed by atoms with Crippen molar-refractivity contribution >= 4 is 23.6 Å². The lowest BCUT2D eigenvalue weighted by atomic mass is 10.3. The van der Waals surface area contributed by atoms with Gasteiger partial charge in [0.2, 0.25) is 5.91 Å².